The predicted molar refractivity (Wildman–Crippen MR) is 105 cm³/mol. The van der Waals surface area contributed by atoms with E-state index in [1.807, 2.05) is 12.1 Å². The smallest absolute Gasteiger partial charge is 0.180 e. The molecule has 0 aliphatic carbocycles. The number of halogens is 3. The van der Waals surface area contributed by atoms with E-state index in [9.17, 15) is 0 Å². The topological polar surface area (TPSA) is 30.5 Å². The van der Waals surface area contributed by atoms with Gasteiger partial charge in [-0.2, -0.15) is 0 Å². The van der Waals surface area contributed by atoms with Crippen LogP contribution in [-0.2, 0) is 13.2 Å². The van der Waals surface area contributed by atoms with Crippen LogP contribution < -0.4 is 14.8 Å². The number of nitrogens with one attached hydrogen (secondary N) is 1. The summed E-state index contributed by atoms with van der Waals surface area (Å²) < 4.78 is 11.3. The molecule has 3 nitrogen and oxygen atoms in total. The molecule has 0 spiro atoms. The van der Waals surface area contributed by atoms with Crippen LogP contribution >= 0.6 is 34.8 Å². The second kappa shape index (κ2) is 9.54. The quantitative estimate of drug-likeness (QED) is 0.589. The summed E-state index contributed by atoms with van der Waals surface area (Å²) in [6.07, 6.45) is 0. The van der Waals surface area contributed by atoms with E-state index in [1.54, 1.807) is 25.3 Å². The minimum absolute atomic E-state index is 0.208. The maximum Gasteiger partial charge on any atom is 0.180 e. The molecule has 0 saturated carbocycles. The number of hydrogen-bond donors (Lipinski definition) is 1. The van der Waals surface area contributed by atoms with Crippen molar-refractivity contribution in [2.24, 2.45) is 5.92 Å². The molecule has 6 heteroatoms. The van der Waals surface area contributed by atoms with Gasteiger partial charge in [-0.3, -0.25) is 0 Å². The van der Waals surface area contributed by atoms with Crippen LogP contribution in [0.5, 0.6) is 11.5 Å². The lowest BCUT2D eigenvalue weighted by molar-refractivity contribution is 0.284. The predicted octanol–water partition coefficient (Wildman–Crippen LogP) is 5.98. The molecule has 0 unspecified atom stereocenters. The summed E-state index contributed by atoms with van der Waals surface area (Å²) in [5, 5.41) is 4.98. The number of rotatable bonds is 8. The number of ether oxygens (including phenoxy) is 2. The van der Waals surface area contributed by atoms with E-state index in [0.717, 1.165) is 12.1 Å². The van der Waals surface area contributed by atoms with Gasteiger partial charge in [-0.1, -0.05) is 54.7 Å². The van der Waals surface area contributed by atoms with Crippen LogP contribution in [-0.4, -0.2) is 13.7 Å². The molecule has 25 heavy (non-hydrogen) atoms. The fourth-order valence-electron chi connectivity index (χ4n) is 2.34. The van der Waals surface area contributed by atoms with Crippen molar-refractivity contribution in [2.45, 2.75) is 27.0 Å². The third kappa shape index (κ3) is 5.68. The number of methoxy groups -OCH3 is 1. The van der Waals surface area contributed by atoms with Crippen molar-refractivity contribution >= 4 is 34.8 Å². The second-order valence-corrected chi connectivity index (χ2v) is 7.34. The highest BCUT2D eigenvalue weighted by atomic mass is 35.5. The lowest BCUT2D eigenvalue weighted by Gasteiger charge is -2.16. The van der Waals surface area contributed by atoms with Crippen LogP contribution in [0.1, 0.15) is 25.0 Å². The molecule has 0 aromatic heterocycles. The van der Waals surface area contributed by atoms with Crippen LogP contribution in [0.15, 0.2) is 30.3 Å². The third-order valence-electron chi connectivity index (χ3n) is 3.59. The zero-order valence-electron chi connectivity index (χ0n) is 14.5. The highest BCUT2D eigenvalue weighted by Crippen LogP contribution is 2.38. The lowest BCUT2D eigenvalue weighted by atomic mass is 10.1. The average Bonchev–Trinajstić information content (AvgIpc) is 2.55. The first-order valence-corrected chi connectivity index (χ1v) is 9.18. The van der Waals surface area contributed by atoms with E-state index >= 15 is 0 Å². The van der Waals surface area contributed by atoms with Crippen molar-refractivity contribution in [3.63, 3.8) is 0 Å². The van der Waals surface area contributed by atoms with Crippen molar-refractivity contribution in [2.75, 3.05) is 13.7 Å². The van der Waals surface area contributed by atoms with E-state index in [4.69, 9.17) is 44.3 Å². The third-order valence-corrected chi connectivity index (χ3v) is 4.58. The molecule has 0 saturated heterocycles. The summed E-state index contributed by atoms with van der Waals surface area (Å²) in [7, 11) is 1.59. The van der Waals surface area contributed by atoms with Gasteiger partial charge in [-0.05, 0) is 42.3 Å². The Morgan fingerprint density at radius 1 is 1.04 bits per heavy atom. The van der Waals surface area contributed by atoms with Crippen LogP contribution in [0.25, 0.3) is 0 Å². The molecule has 136 valence electrons. The van der Waals surface area contributed by atoms with Gasteiger partial charge in [0.2, 0.25) is 0 Å². The average molecular weight is 403 g/mol. The number of benzene rings is 2. The Bertz CT molecular complexity index is 700. The van der Waals surface area contributed by atoms with Crippen molar-refractivity contribution in [1.82, 2.24) is 5.32 Å². The zero-order valence-corrected chi connectivity index (χ0v) is 16.8. The first-order valence-electron chi connectivity index (χ1n) is 8.05. The molecular weight excluding hydrogens is 381 g/mol. The summed E-state index contributed by atoms with van der Waals surface area (Å²) in [4.78, 5) is 0. The van der Waals surface area contributed by atoms with Crippen molar-refractivity contribution in [3.8, 4) is 11.5 Å². The SMILES string of the molecule is COc1cc(CNCC(C)C)cc(Cl)c1OCc1c(Cl)cccc1Cl. The van der Waals surface area contributed by atoms with Gasteiger partial charge in [0, 0.05) is 22.2 Å². The van der Waals surface area contributed by atoms with E-state index in [0.29, 0.717) is 44.6 Å². The van der Waals surface area contributed by atoms with Gasteiger partial charge in [-0.15, -0.1) is 0 Å². The largest absolute Gasteiger partial charge is 0.493 e. The molecule has 0 amide bonds. The van der Waals surface area contributed by atoms with E-state index < -0.39 is 0 Å². The summed E-state index contributed by atoms with van der Waals surface area (Å²) in [6, 6.07) is 9.13. The van der Waals surface area contributed by atoms with Gasteiger partial charge in [0.1, 0.15) is 6.61 Å². The van der Waals surface area contributed by atoms with E-state index in [2.05, 4.69) is 19.2 Å². The molecular formula is C19H22Cl3NO2. The molecule has 0 fully saturated rings. The number of hydrogen-bond acceptors (Lipinski definition) is 3. The van der Waals surface area contributed by atoms with Crippen LogP contribution in [0, 0.1) is 5.92 Å². The van der Waals surface area contributed by atoms with Gasteiger partial charge < -0.3 is 14.8 Å². The Kier molecular flexibility index (Phi) is 7.70. The van der Waals surface area contributed by atoms with Gasteiger partial charge in [0.25, 0.3) is 0 Å². The van der Waals surface area contributed by atoms with Crippen LogP contribution in [0.3, 0.4) is 0 Å². The van der Waals surface area contributed by atoms with Crippen LogP contribution in [0.2, 0.25) is 15.1 Å². The Morgan fingerprint density at radius 3 is 2.32 bits per heavy atom. The van der Waals surface area contributed by atoms with Crippen molar-refractivity contribution in [3.05, 3.63) is 56.5 Å². The maximum absolute atomic E-state index is 6.40. The first kappa shape index (κ1) is 20.2. The van der Waals surface area contributed by atoms with Crippen LogP contribution in [0.4, 0.5) is 0 Å². The van der Waals surface area contributed by atoms with Gasteiger partial charge >= 0.3 is 0 Å². The first-order chi connectivity index (χ1) is 11.9. The van der Waals surface area contributed by atoms with E-state index in [1.165, 1.54) is 0 Å². The second-order valence-electron chi connectivity index (χ2n) is 6.12. The van der Waals surface area contributed by atoms with Crippen molar-refractivity contribution in [1.29, 1.82) is 0 Å². The minimum Gasteiger partial charge on any atom is -0.493 e. The molecule has 0 aliphatic heterocycles. The standard InChI is InChI=1S/C19H22Cl3NO2/c1-12(2)9-23-10-13-7-17(22)19(18(8-13)24-3)25-11-14-15(20)5-4-6-16(14)21/h4-8,12,23H,9-11H2,1-3H3. The summed E-state index contributed by atoms with van der Waals surface area (Å²) in [5.74, 6) is 1.64. The summed E-state index contributed by atoms with van der Waals surface area (Å²) in [5.41, 5.74) is 1.75. The monoisotopic (exact) mass is 401 g/mol. The van der Waals surface area contributed by atoms with Gasteiger partial charge in [0.05, 0.1) is 12.1 Å². The molecule has 2 aromatic carbocycles. The molecule has 0 bridgehead atoms. The molecule has 2 rings (SSSR count). The molecule has 0 aliphatic rings. The highest BCUT2D eigenvalue weighted by molar-refractivity contribution is 6.36. The van der Waals surface area contributed by atoms with Gasteiger partial charge in [-0.25, -0.2) is 0 Å². The van der Waals surface area contributed by atoms with Crippen molar-refractivity contribution < 1.29 is 9.47 Å². The summed E-state index contributed by atoms with van der Waals surface area (Å²) in [6.45, 7) is 6.18. The van der Waals surface area contributed by atoms with E-state index in [-0.39, 0.29) is 6.61 Å². The fourth-order valence-corrected chi connectivity index (χ4v) is 3.13. The minimum atomic E-state index is 0.208. The van der Waals surface area contributed by atoms with Gasteiger partial charge in [0.15, 0.2) is 11.5 Å². The fraction of sp³-hybridized carbons (Fsp3) is 0.368. The normalized spacial score (nSPS) is 11.0. The Labute approximate surface area is 164 Å². The Balaban J connectivity index is 2.15. The molecule has 0 heterocycles. The summed E-state index contributed by atoms with van der Waals surface area (Å²) >= 11 is 18.8. The molecule has 1 N–H and O–H groups in total. The zero-order chi connectivity index (χ0) is 18.4. The maximum atomic E-state index is 6.40. The molecule has 0 radical (unpaired) electrons. The Morgan fingerprint density at radius 2 is 1.72 bits per heavy atom. The Hall–Kier alpha value is -1.13. The molecule has 2 aromatic rings. The molecule has 0 atom stereocenters. The highest BCUT2D eigenvalue weighted by Gasteiger charge is 2.14. The lowest BCUT2D eigenvalue weighted by Crippen LogP contribution is -2.19.